The molecule has 0 spiro atoms. The first kappa shape index (κ1) is 19.2. The average Bonchev–Trinajstić information content (AvgIpc) is 3.32. The Bertz CT molecular complexity index is 626. The van der Waals surface area contributed by atoms with Gasteiger partial charge in [-0.1, -0.05) is 12.8 Å². The van der Waals surface area contributed by atoms with E-state index < -0.39 is 0 Å². The maximum Gasteiger partial charge on any atom is 0.193 e. The molecule has 3 fully saturated rings. The van der Waals surface area contributed by atoms with Crippen LogP contribution in [0.5, 0.6) is 0 Å². The van der Waals surface area contributed by atoms with Crippen molar-refractivity contribution in [3.63, 3.8) is 0 Å². The quantitative estimate of drug-likeness (QED) is 0.633. The van der Waals surface area contributed by atoms with Gasteiger partial charge in [-0.25, -0.2) is 0 Å². The molecule has 1 N–H and O–H groups in total. The highest BCUT2D eigenvalue weighted by Crippen LogP contribution is 2.36. The van der Waals surface area contributed by atoms with Crippen LogP contribution in [-0.4, -0.2) is 68.7 Å². The maximum absolute atomic E-state index is 5.58. The topological polar surface area (TPSA) is 40.1 Å². The van der Waals surface area contributed by atoms with Crippen LogP contribution in [0.3, 0.4) is 0 Å². The van der Waals surface area contributed by atoms with Crippen molar-refractivity contribution in [1.82, 2.24) is 15.1 Å². The Balaban J connectivity index is 1.41. The molecule has 27 heavy (non-hydrogen) atoms. The first-order chi connectivity index (χ1) is 13.2. The van der Waals surface area contributed by atoms with Crippen molar-refractivity contribution in [2.24, 2.45) is 16.8 Å². The van der Waals surface area contributed by atoms with E-state index in [0.717, 1.165) is 50.6 Å². The Morgan fingerprint density at radius 3 is 2.52 bits per heavy atom. The summed E-state index contributed by atoms with van der Waals surface area (Å²) in [5.74, 6) is 2.86. The van der Waals surface area contributed by atoms with E-state index in [1.54, 1.807) is 0 Å². The van der Waals surface area contributed by atoms with E-state index in [1.165, 1.54) is 48.5 Å². The lowest BCUT2D eigenvalue weighted by Crippen LogP contribution is -2.47. The SMILES string of the molecule is CN=C(NCC(c1ccc(C)s1)N1CCOCC1)N1CC2CCCCC2C1. The summed E-state index contributed by atoms with van der Waals surface area (Å²) in [6.45, 7) is 9.18. The molecular weight excluding hydrogens is 356 g/mol. The van der Waals surface area contributed by atoms with Gasteiger partial charge in [-0.15, -0.1) is 11.3 Å². The standard InChI is InChI=1S/C21H34N4OS/c1-16-7-8-20(27-16)19(24-9-11-26-12-10-24)13-23-21(22-2)25-14-17-5-3-4-6-18(17)15-25/h7-8,17-19H,3-6,9-15H2,1-2H3,(H,22,23). The predicted octanol–water partition coefficient (Wildman–Crippen LogP) is 3.13. The van der Waals surface area contributed by atoms with Crippen LogP contribution < -0.4 is 5.32 Å². The number of likely N-dealkylation sites (tertiary alicyclic amines) is 1. The highest BCUT2D eigenvalue weighted by Gasteiger charge is 2.36. The molecule has 6 heteroatoms. The Morgan fingerprint density at radius 1 is 1.22 bits per heavy atom. The Kier molecular flexibility index (Phi) is 6.35. The molecule has 0 bridgehead atoms. The zero-order chi connectivity index (χ0) is 18.6. The van der Waals surface area contributed by atoms with E-state index in [9.17, 15) is 0 Å². The van der Waals surface area contributed by atoms with Crippen molar-refractivity contribution in [2.45, 2.75) is 38.6 Å². The largest absolute Gasteiger partial charge is 0.379 e. The van der Waals surface area contributed by atoms with Gasteiger partial charge in [0.1, 0.15) is 0 Å². The highest BCUT2D eigenvalue weighted by atomic mass is 32.1. The first-order valence-electron chi connectivity index (χ1n) is 10.6. The van der Waals surface area contributed by atoms with Gasteiger partial charge in [0.05, 0.1) is 19.3 Å². The van der Waals surface area contributed by atoms with Crippen molar-refractivity contribution in [2.75, 3.05) is 53.0 Å². The molecule has 0 radical (unpaired) electrons. The first-order valence-corrected chi connectivity index (χ1v) is 11.4. The molecule has 0 aromatic carbocycles. The minimum atomic E-state index is 0.397. The molecule has 1 aliphatic carbocycles. The normalized spacial score (nSPS) is 28.2. The zero-order valence-electron chi connectivity index (χ0n) is 16.8. The molecule has 1 aromatic rings. The van der Waals surface area contributed by atoms with Crippen molar-refractivity contribution < 1.29 is 4.74 Å². The second-order valence-corrected chi connectivity index (χ2v) is 9.57. The fourth-order valence-electron chi connectivity index (χ4n) is 5.03. The van der Waals surface area contributed by atoms with Crippen molar-refractivity contribution in [1.29, 1.82) is 0 Å². The monoisotopic (exact) mass is 390 g/mol. The van der Waals surface area contributed by atoms with Crippen molar-refractivity contribution in [3.8, 4) is 0 Å². The van der Waals surface area contributed by atoms with Crippen LogP contribution in [0.15, 0.2) is 17.1 Å². The van der Waals surface area contributed by atoms with E-state index >= 15 is 0 Å². The van der Waals surface area contributed by atoms with Gasteiger partial charge in [0.15, 0.2) is 5.96 Å². The summed E-state index contributed by atoms with van der Waals surface area (Å²) in [6, 6.07) is 4.94. The van der Waals surface area contributed by atoms with Crippen LogP contribution in [0, 0.1) is 18.8 Å². The van der Waals surface area contributed by atoms with Crippen molar-refractivity contribution in [3.05, 3.63) is 21.9 Å². The molecule has 3 unspecified atom stereocenters. The van der Waals surface area contributed by atoms with Gasteiger partial charge < -0.3 is 15.0 Å². The van der Waals surface area contributed by atoms with Gasteiger partial charge in [0, 0.05) is 49.5 Å². The lowest BCUT2D eigenvalue weighted by Gasteiger charge is -2.35. The van der Waals surface area contributed by atoms with Crippen LogP contribution in [0.2, 0.25) is 0 Å². The summed E-state index contributed by atoms with van der Waals surface area (Å²) in [5.41, 5.74) is 0. The molecule has 2 aliphatic heterocycles. The number of aliphatic imine (C=N–C) groups is 1. The number of ether oxygens (including phenoxy) is 1. The van der Waals surface area contributed by atoms with E-state index in [-0.39, 0.29) is 0 Å². The molecule has 4 rings (SSSR count). The summed E-state index contributed by atoms with van der Waals surface area (Å²) < 4.78 is 5.58. The summed E-state index contributed by atoms with van der Waals surface area (Å²) in [5, 5.41) is 3.73. The third-order valence-electron chi connectivity index (χ3n) is 6.52. The summed E-state index contributed by atoms with van der Waals surface area (Å²) >= 11 is 1.92. The van der Waals surface area contributed by atoms with Gasteiger partial charge in [-0.3, -0.25) is 9.89 Å². The number of guanidine groups is 1. The third kappa shape index (κ3) is 4.49. The Labute approximate surface area is 167 Å². The number of fused-ring (bicyclic) bond motifs is 1. The van der Waals surface area contributed by atoms with Gasteiger partial charge in [-0.05, 0) is 43.7 Å². The molecule has 3 aliphatic rings. The van der Waals surface area contributed by atoms with Gasteiger partial charge in [0.2, 0.25) is 0 Å². The summed E-state index contributed by atoms with van der Waals surface area (Å²) in [7, 11) is 1.93. The van der Waals surface area contributed by atoms with Crippen LogP contribution in [0.4, 0.5) is 0 Å². The fraction of sp³-hybridized carbons (Fsp3) is 0.762. The lowest BCUT2D eigenvalue weighted by molar-refractivity contribution is 0.0176. The molecule has 5 nitrogen and oxygen atoms in total. The number of nitrogens with zero attached hydrogens (tertiary/aromatic N) is 3. The van der Waals surface area contributed by atoms with Gasteiger partial charge in [-0.2, -0.15) is 0 Å². The number of hydrogen-bond donors (Lipinski definition) is 1. The van der Waals surface area contributed by atoms with E-state index in [0.29, 0.717) is 6.04 Å². The number of hydrogen-bond acceptors (Lipinski definition) is 4. The van der Waals surface area contributed by atoms with E-state index in [2.05, 4.69) is 39.2 Å². The maximum atomic E-state index is 5.58. The van der Waals surface area contributed by atoms with Gasteiger partial charge in [0.25, 0.3) is 0 Å². The Morgan fingerprint density at radius 2 is 1.93 bits per heavy atom. The van der Waals surface area contributed by atoms with Crippen molar-refractivity contribution >= 4 is 17.3 Å². The Hall–Kier alpha value is -1.11. The summed E-state index contributed by atoms with van der Waals surface area (Å²) in [6.07, 6.45) is 5.64. The van der Waals surface area contributed by atoms with Gasteiger partial charge >= 0.3 is 0 Å². The zero-order valence-corrected chi connectivity index (χ0v) is 17.6. The van der Waals surface area contributed by atoms with Crippen LogP contribution in [-0.2, 0) is 4.74 Å². The third-order valence-corrected chi connectivity index (χ3v) is 7.62. The molecule has 3 heterocycles. The predicted molar refractivity (Wildman–Crippen MR) is 113 cm³/mol. The highest BCUT2D eigenvalue weighted by molar-refractivity contribution is 7.12. The number of rotatable bonds is 4. The fourth-order valence-corrected chi connectivity index (χ4v) is 6.04. The second kappa shape index (κ2) is 8.93. The minimum absolute atomic E-state index is 0.397. The molecular formula is C21H34N4OS. The molecule has 2 saturated heterocycles. The summed E-state index contributed by atoms with van der Waals surface area (Å²) in [4.78, 5) is 12.6. The van der Waals surface area contributed by atoms with E-state index in [1.807, 2.05) is 18.4 Å². The molecule has 1 saturated carbocycles. The number of nitrogens with one attached hydrogen (secondary N) is 1. The van der Waals surface area contributed by atoms with E-state index in [4.69, 9.17) is 4.74 Å². The number of morpholine rings is 1. The number of aryl methyl sites for hydroxylation is 1. The molecule has 1 aromatic heterocycles. The van der Waals surface area contributed by atoms with Crippen LogP contribution >= 0.6 is 11.3 Å². The molecule has 3 atom stereocenters. The van der Waals surface area contributed by atoms with Crippen LogP contribution in [0.25, 0.3) is 0 Å². The minimum Gasteiger partial charge on any atom is -0.379 e. The average molecular weight is 391 g/mol. The van der Waals surface area contributed by atoms with Crippen LogP contribution in [0.1, 0.15) is 41.5 Å². The lowest BCUT2D eigenvalue weighted by atomic mass is 9.82. The molecule has 150 valence electrons. The number of thiophene rings is 1. The smallest absolute Gasteiger partial charge is 0.193 e. The molecule has 0 amide bonds. The second-order valence-electron chi connectivity index (χ2n) is 8.25.